The van der Waals surface area contributed by atoms with Crippen LogP contribution in [0.3, 0.4) is 0 Å². The summed E-state index contributed by atoms with van der Waals surface area (Å²) < 4.78 is 0. The molecule has 1 heterocycles. The molecule has 0 atom stereocenters. The van der Waals surface area contributed by atoms with E-state index in [4.69, 9.17) is 11.6 Å². The Hall–Kier alpha value is -1.88. The van der Waals surface area contributed by atoms with Crippen molar-refractivity contribution in [3.8, 4) is 0 Å². The van der Waals surface area contributed by atoms with Crippen LogP contribution >= 0.6 is 11.6 Å². The fourth-order valence-electron chi connectivity index (χ4n) is 2.52. The van der Waals surface area contributed by atoms with Crippen LogP contribution in [0.25, 0.3) is 0 Å². The first-order valence-electron chi connectivity index (χ1n) is 6.86. The molecule has 0 radical (unpaired) electrons. The molecule has 6 heteroatoms. The second-order valence-electron chi connectivity index (χ2n) is 5.07. The topological polar surface area (TPSA) is 66.5 Å². The molecule has 0 spiro atoms. The van der Waals surface area contributed by atoms with Crippen LogP contribution in [0.15, 0.2) is 24.3 Å². The van der Waals surface area contributed by atoms with Gasteiger partial charge in [-0.3, -0.25) is 19.8 Å². The number of benzene rings is 1. The van der Waals surface area contributed by atoms with E-state index in [-0.39, 0.29) is 6.54 Å². The van der Waals surface area contributed by atoms with E-state index >= 15 is 0 Å². The Morgan fingerprint density at radius 1 is 1.10 bits per heavy atom. The van der Waals surface area contributed by atoms with E-state index in [1.54, 1.807) is 38.1 Å². The molecule has 2 rings (SSSR count). The number of nitrogens with one attached hydrogen (secondary N) is 1. The van der Waals surface area contributed by atoms with Crippen LogP contribution in [0.4, 0.5) is 4.79 Å². The summed E-state index contributed by atoms with van der Waals surface area (Å²) >= 11 is 5.82. The lowest BCUT2D eigenvalue weighted by Gasteiger charge is -2.38. The van der Waals surface area contributed by atoms with Crippen molar-refractivity contribution in [3.05, 3.63) is 34.9 Å². The molecule has 5 nitrogen and oxygen atoms in total. The van der Waals surface area contributed by atoms with Crippen LogP contribution in [-0.2, 0) is 16.1 Å². The maximum absolute atomic E-state index is 12.6. The molecule has 1 aliphatic rings. The van der Waals surface area contributed by atoms with Crippen molar-refractivity contribution in [1.82, 2.24) is 10.2 Å². The van der Waals surface area contributed by atoms with E-state index in [9.17, 15) is 14.4 Å². The third-order valence-electron chi connectivity index (χ3n) is 4.02. The summed E-state index contributed by atoms with van der Waals surface area (Å²) in [5.41, 5.74) is -0.376. The van der Waals surface area contributed by atoms with Gasteiger partial charge in [-0.05, 0) is 30.5 Å². The zero-order valence-electron chi connectivity index (χ0n) is 12.0. The molecule has 21 heavy (non-hydrogen) atoms. The molecule has 0 aliphatic carbocycles. The Balaban J connectivity index is 2.29. The molecular formula is C15H17ClN2O3. The normalized spacial score (nSPS) is 17.9. The van der Waals surface area contributed by atoms with Crippen LogP contribution in [-0.4, -0.2) is 22.7 Å². The minimum Gasteiger partial charge on any atom is -0.277 e. The van der Waals surface area contributed by atoms with Gasteiger partial charge in [-0.2, -0.15) is 0 Å². The van der Waals surface area contributed by atoms with Crippen molar-refractivity contribution in [2.75, 3.05) is 0 Å². The van der Waals surface area contributed by atoms with E-state index < -0.39 is 23.3 Å². The van der Waals surface area contributed by atoms with Crippen LogP contribution in [0.1, 0.15) is 32.3 Å². The minimum absolute atomic E-state index is 0.122. The lowest BCUT2D eigenvalue weighted by molar-refractivity contribution is -0.152. The number of imide groups is 2. The molecule has 1 saturated heterocycles. The summed E-state index contributed by atoms with van der Waals surface area (Å²) in [5.74, 6) is -0.939. The second kappa shape index (κ2) is 5.85. The lowest BCUT2D eigenvalue weighted by Crippen LogP contribution is -2.63. The Morgan fingerprint density at radius 2 is 1.67 bits per heavy atom. The van der Waals surface area contributed by atoms with E-state index in [0.29, 0.717) is 17.9 Å². The van der Waals surface area contributed by atoms with Crippen LogP contribution in [0.2, 0.25) is 5.02 Å². The van der Waals surface area contributed by atoms with Gasteiger partial charge >= 0.3 is 6.03 Å². The van der Waals surface area contributed by atoms with Gasteiger partial charge in [0.05, 0.1) is 6.54 Å². The number of nitrogens with zero attached hydrogens (tertiary/aromatic N) is 1. The zero-order chi connectivity index (χ0) is 15.6. The van der Waals surface area contributed by atoms with Gasteiger partial charge in [-0.1, -0.05) is 37.6 Å². The highest BCUT2D eigenvalue weighted by atomic mass is 35.5. The molecule has 1 fully saturated rings. The highest BCUT2D eigenvalue weighted by Crippen LogP contribution is 2.33. The van der Waals surface area contributed by atoms with E-state index in [1.165, 1.54) is 0 Å². The molecule has 0 saturated carbocycles. The Morgan fingerprint density at radius 3 is 2.19 bits per heavy atom. The summed E-state index contributed by atoms with van der Waals surface area (Å²) in [4.78, 5) is 37.7. The molecule has 1 aromatic rings. The maximum atomic E-state index is 12.6. The number of amides is 4. The highest BCUT2D eigenvalue weighted by molar-refractivity contribution is 6.30. The molecule has 0 bridgehead atoms. The summed E-state index contributed by atoms with van der Waals surface area (Å²) in [6.45, 7) is 3.67. The Bertz CT molecular complexity index is 579. The largest absolute Gasteiger partial charge is 0.331 e. The number of carbonyl (C=O) groups excluding carboxylic acids is 3. The van der Waals surface area contributed by atoms with Crippen molar-refractivity contribution >= 4 is 29.4 Å². The Kier molecular flexibility index (Phi) is 4.32. The van der Waals surface area contributed by atoms with E-state index in [1.807, 2.05) is 0 Å². The number of hydrogen-bond acceptors (Lipinski definition) is 3. The van der Waals surface area contributed by atoms with Gasteiger partial charge in [0.2, 0.25) is 11.8 Å². The number of urea groups is 1. The van der Waals surface area contributed by atoms with Crippen molar-refractivity contribution in [1.29, 1.82) is 0 Å². The van der Waals surface area contributed by atoms with Gasteiger partial charge in [0.15, 0.2) is 0 Å². The van der Waals surface area contributed by atoms with Gasteiger partial charge in [0.25, 0.3) is 0 Å². The van der Waals surface area contributed by atoms with Gasteiger partial charge in [-0.15, -0.1) is 0 Å². The standard InChI is InChI=1S/C15H17ClN2O3/c1-3-15(4-2)12(19)17-14(21)18(13(15)20)9-10-5-7-11(16)8-6-10/h5-8H,3-4,9H2,1-2H3,(H,17,19,21). The quantitative estimate of drug-likeness (QED) is 0.870. The van der Waals surface area contributed by atoms with Crippen LogP contribution in [0, 0.1) is 5.41 Å². The second-order valence-corrected chi connectivity index (χ2v) is 5.50. The third-order valence-corrected chi connectivity index (χ3v) is 4.27. The summed E-state index contributed by atoms with van der Waals surface area (Å²) in [6, 6.07) is 6.22. The van der Waals surface area contributed by atoms with Gasteiger partial charge in [0, 0.05) is 5.02 Å². The first-order chi connectivity index (χ1) is 9.94. The smallest absolute Gasteiger partial charge is 0.277 e. The predicted molar refractivity (Wildman–Crippen MR) is 78.6 cm³/mol. The van der Waals surface area contributed by atoms with Crippen LogP contribution < -0.4 is 5.32 Å². The SMILES string of the molecule is CCC1(CC)C(=O)NC(=O)N(Cc2ccc(Cl)cc2)C1=O. The average molecular weight is 309 g/mol. The number of halogens is 1. The summed E-state index contributed by atoms with van der Waals surface area (Å²) in [6.07, 6.45) is 0.719. The monoisotopic (exact) mass is 308 g/mol. The molecule has 4 amide bonds. The van der Waals surface area contributed by atoms with E-state index in [0.717, 1.165) is 10.5 Å². The first kappa shape index (κ1) is 15.5. The number of barbiturate groups is 1. The molecular weight excluding hydrogens is 292 g/mol. The number of hydrogen-bond donors (Lipinski definition) is 1. The van der Waals surface area contributed by atoms with Crippen molar-refractivity contribution < 1.29 is 14.4 Å². The predicted octanol–water partition coefficient (Wildman–Crippen LogP) is 2.72. The van der Waals surface area contributed by atoms with Crippen molar-refractivity contribution in [3.63, 3.8) is 0 Å². The number of carbonyl (C=O) groups is 3. The molecule has 0 aromatic heterocycles. The molecule has 1 N–H and O–H groups in total. The van der Waals surface area contributed by atoms with Crippen molar-refractivity contribution in [2.24, 2.45) is 5.41 Å². The molecule has 1 aliphatic heterocycles. The first-order valence-corrected chi connectivity index (χ1v) is 7.24. The fraction of sp³-hybridized carbons (Fsp3) is 0.400. The molecule has 0 unspecified atom stereocenters. The zero-order valence-corrected chi connectivity index (χ0v) is 12.7. The number of rotatable bonds is 4. The molecule has 1 aromatic carbocycles. The van der Waals surface area contributed by atoms with Gasteiger partial charge in [0.1, 0.15) is 5.41 Å². The summed E-state index contributed by atoms with van der Waals surface area (Å²) in [5, 5.41) is 2.87. The maximum Gasteiger partial charge on any atom is 0.331 e. The van der Waals surface area contributed by atoms with Gasteiger partial charge < -0.3 is 0 Å². The third kappa shape index (κ3) is 2.65. The fourth-order valence-corrected chi connectivity index (χ4v) is 2.65. The lowest BCUT2D eigenvalue weighted by atomic mass is 9.78. The van der Waals surface area contributed by atoms with Crippen molar-refractivity contribution in [2.45, 2.75) is 33.2 Å². The van der Waals surface area contributed by atoms with E-state index in [2.05, 4.69) is 5.32 Å². The highest BCUT2D eigenvalue weighted by Gasteiger charge is 2.51. The van der Waals surface area contributed by atoms with Gasteiger partial charge in [-0.25, -0.2) is 4.79 Å². The summed E-state index contributed by atoms with van der Waals surface area (Å²) in [7, 11) is 0. The Labute approximate surface area is 128 Å². The molecule has 112 valence electrons. The van der Waals surface area contributed by atoms with Crippen LogP contribution in [0.5, 0.6) is 0 Å². The average Bonchev–Trinajstić information content (AvgIpc) is 2.47. The minimum atomic E-state index is -1.15.